The number of fused-ring (bicyclic) bond motifs is 1. The maximum atomic E-state index is 11.4. The highest BCUT2D eigenvalue weighted by atomic mass is 35.5. The number of quaternary nitrogens is 1. The first-order valence-electron chi connectivity index (χ1n) is 6.98. The summed E-state index contributed by atoms with van der Waals surface area (Å²) in [5.74, 6) is 0.425. The third-order valence-electron chi connectivity index (χ3n) is 4.29. The van der Waals surface area contributed by atoms with E-state index in [1.165, 1.54) is 16.3 Å². The molecule has 20 heavy (non-hydrogen) atoms. The van der Waals surface area contributed by atoms with Gasteiger partial charge in [0.25, 0.3) is 0 Å². The molecule has 3 heteroatoms. The molecule has 0 bridgehead atoms. The van der Waals surface area contributed by atoms with Crippen LogP contribution in [0.3, 0.4) is 0 Å². The smallest absolute Gasteiger partial charge is 0.144 e. The first-order chi connectivity index (χ1) is 9.16. The van der Waals surface area contributed by atoms with Crippen molar-refractivity contribution in [2.75, 3.05) is 20.1 Å². The summed E-state index contributed by atoms with van der Waals surface area (Å²) >= 11 is 0. The van der Waals surface area contributed by atoms with Crippen molar-refractivity contribution in [2.24, 2.45) is 0 Å². The number of halogens is 1. The Morgan fingerprint density at radius 3 is 2.40 bits per heavy atom. The largest absolute Gasteiger partial charge is 1.00 e. The zero-order valence-corrected chi connectivity index (χ0v) is 12.6. The predicted octanol–water partition coefficient (Wildman–Crippen LogP) is 0.153. The number of benzene rings is 2. The SMILES string of the molecule is C[N+]1(Cc2cccc3ccccc23)CCC(=O)CC1.[Cl-]. The number of hydrogen-bond donors (Lipinski definition) is 0. The van der Waals surface area contributed by atoms with Gasteiger partial charge in [0.1, 0.15) is 12.3 Å². The van der Waals surface area contributed by atoms with Crippen molar-refractivity contribution >= 4 is 16.6 Å². The molecular weight excluding hydrogens is 270 g/mol. The summed E-state index contributed by atoms with van der Waals surface area (Å²) in [7, 11) is 2.27. The molecule has 1 heterocycles. The molecule has 2 nitrogen and oxygen atoms in total. The van der Waals surface area contributed by atoms with Crippen molar-refractivity contribution in [1.82, 2.24) is 0 Å². The third-order valence-corrected chi connectivity index (χ3v) is 4.29. The first-order valence-corrected chi connectivity index (χ1v) is 6.98. The summed E-state index contributed by atoms with van der Waals surface area (Å²) < 4.78 is 0.986. The number of Topliss-reactive ketones (excluding diaryl/α,β-unsaturated/α-hetero) is 1. The zero-order chi connectivity index (χ0) is 13.3. The maximum absolute atomic E-state index is 11.4. The minimum absolute atomic E-state index is 0. The van der Waals surface area contributed by atoms with E-state index in [2.05, 4.69) is 49.5 Å². The molecule has 3 rings (SSSR count). The van der Waals surface area contributed by atoms with E-state index in [1.807, 2.05) is 0 Å². The van der Waals surface area contributed by atoms with Crippen LogP contribution in [0.15, 0.2) is 42.5 Å². The highest BCUT2D eigenvalue weighted by Gasteiger charge is 2.29. The molecule has 0 saturated carbocycles. The van der Waals surface area contributed by atoms with Gasteiger partial charge in [0, 0.05) is 5.56 Å². The Morgan fingerprint density at radius 1 is 1.00 bits per heavy atom. The topological polar surface area (TPSA) is 17.1 Å². The van der Waals surface area contributed by atoms with Crippen LogP contribution in [0.4, 0.5) is 0 Å². The van der Waals surface area contributed by atoms with E-state index >= 15 is 0 Å². The zero-order valence-electron chi connectivity index (χ0n) is 11.8. The summed E-state index contributed by atoms with van der Waals surface area (Å²) in [6, 6.07) is 15.1. The van der Waals surface area contributed by atoms with Gasteiger partial charge < -0.3 is 16.9 Å². The number of carbonyl (C=O) groups excluding carboxylic acids is 1. The van der Waals surface area contributed by atoms with Gasteiger partial charge >= 0.3 is 0 Å². The van der Waals surface area contributed by atoms with E-state index in [1.54, 1.807) is 0 Å². The molecule has 2 aromatic carbocycles. The molecule has 0 aliphatic carbocycles. The molecule has 0 atom stereocenters. The van der Waals surface area contributed by atoms with Gasteiger partial charge in [0.05, 0.1) is 33.0 Å². The average molecular weight is 290 g/mol. The van der Waals surface area contributed by atoms with Gasteiger partial charge in [-0.25, -0.2) is 0 Å². The van der Waals surface area contributed by atoms with Gasteiger partial charge in [-0.2, -0.15) is 0 Å². The lowest BCUT2D eigenvalue weighted by Crippen LogP contribution is -3.00. The van der Waals surface area contributed by atoms with Gasteiger partial charge in [-0.05, 0) is 10.8 Å². The van der Waals surface area contributed by atoms with Gasteiger partial charge in [-0.1, -0.05) is 42.5 Å². The fourth-order valence-corrected chi connectivity index (χ4v) is 3.03. The monoisotopic (exact) mass is 289 g/mol. The molecule has 1 saturated heterocycles. The van der Waals surface area contributed by atoms with Crippen molar-refractivity contribution in [2.45, 2.75) is 19.4 Å². The second-order valence-corrected chi connectivity index (χ2v) is 5.90. The van der Waals surface area contributed by atoms with Crippen LogP contribution in [-0.2, 0) is 11.3 Å². The van der Waals surface area contributed by atoms with Crippen LogP contribution in [-0.4, -0.2) is 30.4 Å². The third kappa shape index (κ3) is 3.02. The van der Waals surface area contributed by atoms with E-state index in [-0.39, 0.29) is 12.4 Å². The normalized spacial score (nSPS) is 17.8. The van der Waals surface area contributed by atoms with Crippen LogP contribution < -0.4 is 12.4 Å². The van der Waals surface area contributed by atoms with Gasteiger partial charge in [0.15, 0.2) is 0 Å². The Kier molecular flexibility index (Phi) is 4.46. The van der Waals surface area contributed by atoms with Crippen molar-refractivity contribution in [1.29, 1.82) is 0 Å². The van der Waals surface area contributed by atoms with E-state index in [4.69, 9.17) is 0 Å². The van der Waals surface area contributed by atoms with E-state index < -0.39 is 0 Å². The molecule has 0 aromatic heterocycles. The van der Waals surface area contributed by atoms with Gasteiger partial charge in [0.2, 0.25) is 0 Å². The van der Waals surface area contributed by atoms with Gasteiger partial charge in [-0.15, -0.1) is 0 Å². The minimum atomic E-state index is 0. The van der Waals surface area contributed by atoms with Crippen LogP contribution in [0.25, 0.3) is 10.8 Å². The second kappa shape index (κ2) is 5.94. The number of hydrogen-bond acceptors (Lipinski definition) is 1. The highest BCUT2D eigenvalue weighted by molar-refractivity contribution is 5.85. The number of piperidine rings is 1. The number of carbonyl (C=O) groups is 1. The molecule has 1 aliphatic rings. The Hall–Kier alpha value is -1.38. The quantitative estimate of drug-likeness (QED) is 0.720. The number of rotatable bonds is 2. The van der Waals surface area contributed by atoms with Crippen LogP contribution in [0.5, 0.6) is 0 Å². The standard InChI is InChI=1S/C17H20NO.ClH/c1-18(11-9-16(19)10-12-18)13-15-7-4-6-14-5-2-3-8-17(14)15;/h2-8H,9-13H2,1H3;1H/q+1;/p-1. The summed E-state index contributed by atoms with van der Waals surface area (Å²) in [6.07, 6.45) is 1.47. The summed E-state index contributed by atoms with van der Waals surface area (Å²) in [6.45, 7) is 2.97. The molecule has 0 N–H and O–H groups in total. The first kappa shape index (κ1) is 15.0. The van der Waals surface area contributed by atoms with Crippen LogP contribution in [0, 0.1) is 0 Å². The van der Waals surface area contributed by atoms with Crippen molar-refractivity contribution in [3.63, 3.8) is 0 Å². The second-order valence-electron chi connectivity index (χ2n) is 5.90. The van der Waals surface area contributed by atoms with E-state index in [9.17, 15) is 4.79 Å². The minimum Gasteiger partial charge on any atom is -1.00 e. The van der Waals surface area contributed by atoms with Crippen molar-refractivity contribution in [3.05, 3.63) is 48.0 Å². The summed E-state index contributed by atoms with van der Waals surface area (Å²) in [4.78, 5) is 11.4. The molecule has 0 unspecified atom stereocenters. The summed E-state index contributed by atoms with van der Waals surface area (Å²) in [5, 5.41) is 2.65. The van der Waals surface area contributed by atoms with E-state index in [0.29, 0.717) is 5.78 Å². The predicted molar refractivity (Wildman–Crippen MR) is 77.8 cm³/mol. The lowest BCUT2D eigenvalue weighted by atomic mass is 10.0. The Morgan fingerprint density at radius 2 is 1.65 bits per heavy atom. The molecular formula is C17H20ClNO. The molecule has 106 valence electrons. The number of nitrogens with zero attached hydrogens (tertiary/aromatic N) is 1. The number of ketones is 1. The van der Waals surface area contributed by atoms with Crippen LogP contribution in [0.1, 0.15) is 18.4 Å². The molecule has 0 spiro atoms. The lowest BCUT2D eigenvalue weighted by molar-refractivity contribution is -0.923. The van der Waals surface area contributed by atoms with Crippen LogP contribution in [0.2, 0.25) is 0 Å². The molecule has 0 radical (unpaired) electrons. The fraction of sp³-hybridized carbons (Fsp3) is 0.353. The van der Waals surface area contributed by atoms with Crippen molar-refractivity contribution < 1.29 is 21.7 Å². The Bertz CT molecular complexity index is 608. The van der Waals surface area contributed by atoms with Gasteiger partial charge in [-0.3, -0.25) is 4.79 Å². The molecule has 1 fully saturated rings. The van der Waals surface area contributed by atoms with Crippen LogP contribution >= 0.6 is 0 Å². The lowest BCUT2D eigenvalue weighted by Gasteiger charge is -2.37. The molecule has 1 aliphatic heterocycles. The highest BCUT2D eigenvalue weighted by Crippen LogP contribution is 2.24. The van der Waals surface area contributed by atoms with Crippen molar-refractivity contribution in [3.8, 4) is 0 Å². The Balaban J connectivity index is 0.00000147. The Labute approximate surface area is 126 Å². The number of likely N-dealkylation sites (tertiary alicyclic amines) is 1. The molecule has 0 amide bonds. The summed E-state index contributed by atoms with van der Waals surface area (Å²) in [5.41, 5.74) is 1.40. The van der Waals surface area contributed by atoms with E-state index in [0.717, 1.165) is 37.0 Å². The average Bonchev–Trinajstić information content (AvgIpc) is 2.43. The maximum Gasteiger partial charge on any atom is 0.144 e. The molecule has 2 aromatic rings. The fourth-order valence-electron chi connectivity index (χ4n) is 3.03.